The van der Waals surface area contributed by atoms with Gasteiger partial charge in [0, 0.05) is 30.0 Å². The van der Waals surface area contributed by atoms with Crippen molar-refractivity contribution in [2.45, 2.75) is 55.9 Å². The Labute approximate surface area is 109 Å². The first-order valence-corrected chi connectivity index (χ1v) is 7.85. The van der Waals surface area contributed by atoms with Crippen LogP contribution in [-0.4, -0.2) is 47.5 Å². The van der Waals surface area contributed by atoms with E-state index >= 15 is 0 Å². The highest BCUT2D eigenvalue weighted by Gasteiger charge is 2.31. The molecule has 2 N–H and O–H groups in total. The van der Waals surface area contributed by atoms with Crippen LogP contribution >= 0.6 is 11.8 Å². The first-order chi connectivity index (χ1) is 8.22. The molecule has 1 atom stereocenters. The fourth-order valence-electron chi connectivity index (χ4n) is 2.21. The van der Waals surface area contributed by atoms with Gasteiger partial charge in [0.2, 0.25) is 0 Å². The molecule has 100 valence electrons. The van der Waals surface area contributed by atoms with Crippen LogP contribution in [-0.2, 0) is 4.74 Å². The van der Waals surface area contributed by atoms with Crippen molar-refractivity contribution < 1.29 is 9.84 Å². The van der Waals surface area contributed by atoms with Gasteiger partial charge in [-0.2, -0.15) is 11.8 Å². The number of ether oxygens (including phenoxy) is 1. The van der Waals surface area contributed by atoms with Crippen molar-refractivity contribution in [3.63, 3.8) is 0 Å². The van der Waals surface area contributed by atoms with E-state index in [-0.39, 0.29) is 12.1 Å². The standard InChI is InChI=1S/C13H25NO2S/c1-13(10-15,14-11-2-3-11)6-9-17-12-4-7-16-8-5-12/h11-12,14-15H,2-10H2,1H3. The minimum absolute atomic E-state index is 0.0701. The Morgan fingerprint density at radius 1 is 1.29 bits per heavy atom. The molecular formula is C13H25NO2S. The zero-order valence-electron chi connectivity index (χ0n) is 10.8. The molecule has 3 nitrogen and oxygen atoms in total. The van der Waals surface area contributed by atoms with Gasteiger partial charge in [-0.15, -0.1) is 0 Å². The summed E-state index contributed by atoms with van der Waals surface area (Å²) >= 11 is 2.06. The molecule has 0 aromatic carbocycles. The van der Waals surface area contributed by atoms with Crippen LogP contribution in [0.3, 0.4) is 0 Å². The second kappa shape index (κ2) is 6.41. The molecule has 1 heterocycles. The van der Waals surface area contributed by atoms with Crippen molar-refractivity contribution in [2.24, 2.45) is 0 Å². The third-order valence-corrected chi connectivity index (χ3v) is 5.04. The molecule has 2 rings (SSSR count). The second-order valence-electron chi connectivity index (χ2n) is 5.57. The van der Waals surface area contributed by atoms with E-state index in [9.17, 15) is 5.11 Å². The lowest BCUT2D eigenvalue weighted by Gasteiger charge is -2.30. The Bertz CT molecular complexity index is 229. The molecule has 4 heteroatoms. The predicted octanol–water partition coefficient (Wildman–Crippen LogP) is 1.79. The van der Waals surface area contributed by atoms with E-state index in [1.54, 1.807) is 0 Å². The van der Waals surface area contributed by atoms with E-state index in [1.165, 1.54) is 25.7 Å². The van der Waals surface area contributed by atoms with Gasteiger partial charge in [-0.05, 0) is 44.8 Å². The molecule has 0 bridgehead atoms. The average Bonchev–Trinajstić information content (AvgIpc) is 3.14. The van der Waals surface area contributed by atoms with Crippen LogP contribution < -0.4 is 5.32 Å². The van der Waals surface area contributed by atoms with Gasteiger partial charge in [0.05, 0.1) is 6.61 Å². The maximum absolute atomic E-state index is 9.51. The van der Waals surface area contributed by atoms with Crippen molar-refractivity contribution in [3.8, 4) is 0 Å². The van der Waals surface area contributed by atoms with Gasteiger partial charge in [-0.1, -0.05) is 0 Å². The van der Waals surface area contributed by atoms with Crippen LogP contribution in [0, 0.1) is 0 Å². The summed E-state index contributed by atoms with van der Waals surface area (Å²) in [4.78, 5) is 0. The quantitative estimate of drug-likeness (QED) is 0.731. The predicted molar refractivity (Wildman–Crippen MR) is 72.6 cm³/mol. The highest BCUT2D eigenvalue weighted by Crippen LogP contribution is 2.27. The molecule has 1 saturated carbocycles. The minimum Gasteiger partial charge on any atom is -0.394 e. The lowest BCUT2D eigenvalue weighted by molar-refractivity contribution is 0.0999. The number of aliphatic hydroxyl groups is 1. The molecule has 0 aromatic heterocycles. The lowest BCUT2D eigenvalue weighted by atomic mass is 10.0. The average molecular weight is 259 g/mol. The fourth-order valence-corrected chi connectivity index (χ4v) is 3.64. The summed E-state index contributed by atoms with van der Waals surface area (Å²) in [5.74, 6) is 1.14. The highest BCUT2D eigenvalue weighted by molar-refractivity contribution is 7.99. The number of hydrogen-bond donors (Lipinski definition) is 2. The molecule has 2 fully saturated rings. The van der Waals surface area contributed by atoms with Crippen molar-refractivity contribution in [1.29, 1.82) is 0 Å². The van der Waals surface area contributed by atoms with Gasteiger partial charge in [0.15, 0.2) is 0 Å². The minimum atomic E-state index is -0.0701. The molecule has 0 amide bonds. The molecule has 2 aliphatic rings. The van der Waals surface area contributed by atoms with Crippen molar-refractivity contribution in [2.75, 3.05) is 25.6 Å². The van der Waals surface area contributed by atoms with Crippen LogP contribution in [0.25, 0.3) is 0 Å². The van der Waals surface area contributed by atoms with Gasteiger partial charge in [-0.3, -0.25) is 0 Å². The fraction of sp³-hybridized carbons (Fsp3) is 1.00. The smallest absolute Gasteiger partial charge is 0.0610 e. The lowest BCUT2D eigenvalue weighted by Crippen LogP contribution is -2.47. The summed E-state index contributed by atoms with van der Waals surface area (Å²) in [7, 11) is 0. The highest BCUT2D eigenvalue weighted by atomic mass is 32.2. The molecule has 0 radical (unpaired) electrons. The molecule has 17 heavy (non-hydrogen) atoms. The van der Waals surface area contributed by atoms with E-state index in [2.05, 4.69) is 24.0 Å². The molecule has 1 aliphatic heterocycles. The zero-order chi connectivity index (χ0) is 12.1. The van der Waals surface area contributed by atoms with Gasteiger partial charge in [0.25, 0.3) is 0 Å². The van der Waals surface area contributed by atoms with Crippen LogP contribution in [0.2, 0.25) is 0 Å². The zero-order valence-corrected chi connectivity index (χ0v) is 11.6. The van der Waals surface area contributed by atoms with Gasteiger partial charge >= 0.3 is 0 Å². The molecule has 1 unspecified atom stereocenters. The molecule has 1 aliphatic carbocycles. The van der Waals surface area contributed by atoms with Crippen molar-refractivity contribution in [1.82, 2.24) is 5.32 Å². The number of rotatable bonds is 7. The maximum atomic E-state index is 9.51. The summed E-state index contributed by atoms with van der Waals surface area (Å²) in [6.45, 7) is 4.25. The Hall–Kier alpha value is 0.230. The molecular weight excluding hydrogens is 234 g/mol. The van der Waals surface area contributed by atoms with E-state index in [4.69, 9.17) is 4.74 Å². The Morgan fingerprint density at radius 3 is 2.59 bits per heavy atom. The Kier molecular flexibility index (Phi) is 5.15. The third-order valence-electron chi connectivity index (χ3n) is 3.65. The second-order valence-corrected chi connectivity index (χ2v) is 6.98. The summed E-state index contributed by atoms with van der Waals surface area (Å²) < 4.78 is 5.36. The van der Waals surface area contributed by atoms with E-state index < -0.39 is 0 Å². The SMILES string of the molecule is CC(CO)(CCSC1CCOCC1)NC1CC1. The topological polar surface area (TPSA) is 41.5 Å². The number of aliphatic hydroxyl groups excluding tert-OH is 1. The van der Waals surface area contributed by atoms with Crippen molar-refractivity contribution in [3.05, 3.63) is 0 Å². The first kappa shape index (κ1) is 13.7. The summed E-state index contributed by atoms with van der Waals surface area (Å²) in [5, 5.41) is 13.8. The van der Waals surface area contributed by atoms with Gasteiger partial charge in [0.1, 0.15) is 0 Å². The summed E-state index contributed by atoms with van der Waals surface area (Å²) in [6.07, 6.45) is 6.00. The molecule has 0 spiro atoms. The monoisotopic (exact) mass is 259 g/mol. The molecule has 1 saturated heterocycles. The van der Waals surface area contributed by atoms with Crippen molar-refractivity contribution >= 4 is 11.8 Å². The van der Waals surface area contributed by atoms with Crippen LogP contribution in [0.1, 0.15) is 39.0 Å². The first-order valence-electron chi connectivity index (χ1n) is 6.80. The molecule has 0 aromatic rings. The summed E-state index contributed by atoms with van der Waals surface area (Å²) in [6, 6.07) is 0.667. The number of thioether (sulfide) groups is 1. The third kappa shape index (κ3) is 4.78. The van der Waals surface area contributed by atoms with E-state index in [0.717, 1.165) is 30.6 Å². The Morgan fingerprint density at radius 2 is 2.00 bits per heavy atom. The maximum Gasteiger partial charge on any atom is 0.0610 e. The normalized spacial score (nSPS) is 25.8. The van der Waals surface area contributed by atoms with Crippen LogP contribution in [0.5, 0.6) is 0 Å². The summed E-state index contributed by atoms with van der Waals surface area (Å²) in [5.41, 5.74) is -0.0701. The number of hydrogen-bond acceptors (Lipinski definition) is 4. The van der Waals surface area contributed by atoms with Crippen LogP contribution in [0.15, 0.2) is 0 Å². The van der Waals surface area contributed by atoms with Crippen LogP contribution in [0.4, 0.5) is 0 Å². The van der Waals surface area contributed by atoms with Gasteiger partial charge < -0.3 is 15.2 Å². The van der Waals surface area contributed by atoms with Gasteiger partial charge in [-0.25, -0.2) is 0 Å². The van der Waals surface area contributed by atoms with E-state index in [0.29, 0.717) is 6.04 Å². The van der Waals surface area contributed by atoms with E-state index in [1.807, 2.05) is 0 Å². The number of nitrogens with one attached hydrogen (secondary N) is 1. The largest absolute Gasteiger partial charge is 0.394 e. The Balaban J connectivity index is 1.64.